The first-order chi connectivity index (χ1) is 4.73. The highest BCUT2D eigenvalue weighted by atomic mass is 16.5. The summed E-state index contributed by atoms with van der Waals surface area (Å²) in [5.74, 6) is 1.52. The zero-order valence-electron chi connectivity index (χ0n) is 6.47. The van der Waals surface area contributed by atoms with E-state index in [0.29, 0.717) is 0 Å². The van der Waals surface area contributed by atoms with Crippen molar-refractivity contribution in [2.24, 2.45) is 17.6 Å². The molecule has 0 radical (unpaired) electrons. The van der Waals surface area contributed by atoms with Gasteiger partial charge >= 0.3 is 0 Å². The van der Waals surface area contributed by atoms with E-state index >= 15 is 0 Å². The van der Waals surface area contributed by atoms with Crippen LogP contribution in [-0.4, -0.2) is 18.8 Å². The zero-order chi connectivity index (χ0) is 7.19. The molecule has 1 aliphatic carbocycles. The average molecular weight is 141 g/mol. The van der Waals surface area contributed by atoms with E-state index in [1.54, 1.807) is 0 Å². The van der Waals surface area contributed by atoms with Crippen LogP contribution in [0.15, 0.2) is 0 Å². The molecule has 1 saturated heterocycles. The van der Waals surface area contributed by atoms with Crippen molar-refractivity contribution in [3.8, 4) is 0 Å². The number of nitrogens with two attached hydrogens (primary N) is 1. The topological polar surface area (TPSA) is 35.2 Å². The van der Waals surface area contributed by atoms with Crippen molar-refractivity contribution in [2.45, 2.75) is 25.4 Å². The molecule has 2 unspecified atom stereocenters. The number of rotatable bonds is 1. The third-order valence-electron chi connectivity index (χ3n) is 3.00. The smallest absolute Gasteiger partial charge is 0.0661 e. The first kappa shape index (κ1) is 6.62. The Bertz CT molecular complexity index is 148. The second-order valence-corrected chi connectivity index (χ2v) is 3.93. The monoisotopic (exact) mass is 141 g/mol. The predicted octanol–water partition coefficient (Wildman–Crippen LogP) is 0.760. The fourth-order valence-corrected chi connectivity index (χ4v) is 2.42. The fraction of sp³-hybridized carbons (Fsp3) is 1.00. The van der Waals surface area contributed by atoms with E-state index in [0.717, 1.165) is 25.0 Å². The maximum absolute atomic E-state index is 5.62. The van der Waals surface area contributed by atoms with Gasteiger partial charge in [0.05, 0.1) is 12.2 Å². The van der Waals surface area contributed by atoms with E-state index < -0.39 is 0 Å². The van der Waals surface area contributed by atoms with Crippen LogP contribution in [0, 0.1) is 11.8 Å². The van der Waals surface area contributed by atoms with Crippen LogP contribution in [0.3, 0.4) is 0 Å². The quantitative estimate of drug-likeness (QED) is 0.585. The van der Waals surface area contributed by atoms with Crippen molar-refractivity contribution in [2.75, 3.05) is 13.2 Å². The minimum Gasteiger partial charge on any atom is -0.375 e. The summed E-state index contributed by atoms with van der Waals surface area (Å²) in [4.78, 5) is 0. The highest BCUT2D eigenvalue weighted by molar-refractivity contribution is 4.98. The summed E-state index contributed by atoms with van der Waals surface area (Å²) in [5.41, 5.74) is 5.83. The predicted molar refractivity (Wildman–Crippen MR) is 39.6 cm³/mol. The molecule has 2 aliphatic rings. The molecule has 3 atom stereocenters. The van der Waals surface area contributed by atoms with Crippen molar-refractivity contribution in [1.82, 2.24) is 0 Å². The average Bonchev–Trinajstić information content (AvgIpc) is 2.41. The van der Waals surface area contributed by atoms with E-state index in [1.807, 2.05) is 0 Å². The van der Waals surface area contributed by atoms with Gasteiger partial charge in [-0.25, -0.2) is 0 Å². The molecule has 1 saturated carbocycles. The molecule has 2 heteroatoms. The molecule has 1 heterocycles. The van der Waals surface area contributed by atoms with Crippen LogP contribution in [0.1, 0.15) is 19.8 Å². The van der Waals surface area contributed by atoms with Crippen LogP contribution in [0.25, 0.3) is 0 Å². The van der Waals surface area contributed by atoms with Gasteiger partial charge in [-0.05, 0) is 38.1 Å². The second kappa shape index (κ2) is 1.95. The maximum atomic E-state index is 5.62. The molecule has 2 fully saturated rings. The molecule has 2 bridgehead atoms. The van der Waals surface area contributed by atoms with Crippen molar-refractivity contribution in [3.63, 3.8) is 0 Å². The Morgan fingerprint density at radius 3 is 2.70 bits per heavy atom. The summed E-state index contributed by atoms with van der Waals surface area (Å²) in [5, 5.41) is 0. The number of hydrogen-bond acceptors (Lipinski definition) is 2. The number of hydrogen-bond donors (Lipinski definition) is 1. The first-order valence-electron chi connectivity index (χ1n) is 4.07. The van der Waals surface area contributed by atoms with E-state index in [4.69, 9.17) is 10.5 Å². The van der Waals surface area contributed by atoms with Gasteiger partial charge in [-0.1, -0.05) is 0 Å². The lowest BCUT2D eigenvalue weighted by Crippen LogP contribution is -2.29. The number of ether oxygens (including phenoxy) is 1. The summed E-state index contributed by atoms with van der Waals surface area (Å²) in [7, 11) is 0. The molecular weight excluding hydrogens is 126 g/mol. The SMILES string of the molecule is C[C@]12CC(CN)C(CO1)C2. The van der Waals surface area contributed by atoms with Crippen LogP contribution in [0.2, 0.25) is 0 Å². The summed E-state index contributed by atoms with van der Waals surface area (Å²) < 4.78 is 5.62. The zero-order valence-corrected chi connectivity index (χ0v) is 6.47. The Balaban J connectivity index is 2.10. The van der Waals surface area contributed by atoms with Gasteiger partial charge in [-0.2, -0.15) is 0 Å². The molecule has 10 heavy (non-hydrogen) atoms. The van der Waals surface area contributed by atoms with E-state index in [-0.39, 0.29) is 5.60 Å². The molecule has 0 aromatic heterocycles. The summed E-state index contributed by atoms with van der Waals surface area (Å²) >= 11 is 0. The van der Waals surface area contributed by atoms with Crippen molar-refractivity contribution in [1.29, 1.82) is 0 Å². The third kappa shape index (κ3) is 0.789. The van der Waals surface area contributed by atoms with E-state index in [9.17, 15) is 0 Å². The van der Waals surface area contributed by atoms with Crippen LogP contribution in [-0.2, 0) is 4.74 Å². The molecule has 2 N–H and O–H groups in total. The lowest BCUT2D eigenvalue weighted by molar-refractivity contribution is -0.0187. The third-order valence-corrected chi connectivity index (χ3v) is 3.00. The van der Waals surface area contributed by atoms with Crippen LogP contribution < -0.4 is 5.73 Å². The molecule has 0 aromatic carbocycles. The Hall–Kier alpha value is -0.0800. The van der Waals surface area contributed by atoms with Crippen molar-refractivity contribution < 1.29 is 4.74 Å². The van der Waals surface area contributed by atoms with Gasteiger partial charge in [0.25, 0.3) is 0 Å². The molecule has 0 spiro atoms. The largest absolute Gasteiger partial charge is 0.375 e. The Labute approximate surface area is 61.7 Å². The molecule has 0 aromatic rings. The standard InChI is InChI=1S/C8H15NO/c1-8-2-6(4-9)7(3-8)5-10-8/h6-7H,2-5,9H2,1H3/t6?,7?,8-/m1/s1. The normalized spacial score (nSPS) is 52.2. The van der Waals surface area contributed by atoms with Gasteiger partial charge in [0.15, 0.2) is 0 Å². The van der Waals surface area contributed by atoms with Gasteiger partial charge in [0.2, 0.25) is 0 Å². The summed E-state index contributed by atoms with van der Waals surface area (Å²) in [6, 6.07) is 0. The van der Waals surface area contributed by atoms with Crippen LogP contribution in [0.5, 0.6) is 0 Å². The van der Waals surface area contributed by atoms with Gasteiger partial charge in [-0.15, -0.1) is 0 Å². The lowest BCUT2D eigenvalue weighted by Gasteiger charge is -2.25. The molecule has 0 amide bonds. The van der Waals surface area contributed by atoms with Crippen molar-refractivity contribution >= 4 is 0 Å². The maximum Gasteiger partial charge on any atom is 0.0661 e. The lowest BCUT2D eigenvalue weighted by atomic mass is 9.96. The van der Waals surface area contributed by atoms with Gasteiger partial charge in [0.1, 0.15) is 0 Å². The minimum absolute atomic E-state index is 0.203. The molecular formula is C8H15NO. The Kier molecular flexibility index (Phi) is 1.29. The Morgan fingerprint density at radius 2 is 2.40 bits per heavy atom. The number of fused-ring (bicyclic) bond motifs is 2. The first-order valence-corrected chi connectivity index (χ1v) is 4.07. The molecule has 2 rings (SSSR count). The molecule has 2 nitrogen and oxygen atoms in total. The van der Waals surface area contributed by atoms with Gasteiger partial charge in [0, 0.05) is 0 Å². The Morgan fingerprint density at radius 1 is 1.60 bits per heavy atom. The second-order valence-electron chi connectivity index (χ2n) is 3.93. The van der Waals surface area contributed by atoms with Crippen LogP contribution in [0.4, 0.5) is 0 Å². The van der Waals surface area contributed by atoms with E-state index in [1.165, 1.54) is 12.8 Å². The highest BCUT2D eigenvalue weighted by Gasteiger charge is 2.47. The van der Waals surface area contributed by atoms with Crippen LogP contribution >= 0.6 is 0 Å². The highest BCUT2D eigenvalue weighted by Crippen LogP contribution is 2.47. The minimum atomic E-state index is 0.203. The van der Waals surface area contributed by atoms with Crippen molar-refractivity contribution in [3.05, 3.63) is 0 Å². The molecule has 58 valence electrons. The van der Waals surface area contributed by atoms with E-state index in [2.05, 4.69) is 6.92 Å². The van der Waals surface area contributed by atoms with Gasteiger partial charge in [-0.3, -0.25) is 0 Å². The fourth-order valence-electron chi connectivity index (χ4n) is 2.42. The summed E-state index contributed by atoms with van der Waals surface area (Å²) in [6.45, 7) is 4.02. The molecule has 1 aliphatic heterocycles. The summed E-state index contributed by atoms with van der Waals surface area (Å²) in [6.07, 6.45) is 2.43. The van der Waals surface area contributed by atoms with Gasteiger partial charge < -0.3 is 10.5 Å².